The van der Waals surface area contributed by atoms with Gasteiger partial charge in [-0.2, -0.15) is 4.98 Å². The molecule has 0 aliphatic heterocycles. The van der Waals surface area contributed by atoms with Crippen molar-refractivity contribution in [3.05, 3.63) is 49.1 Å². The molecule has 0 aromatic carbocycles. The first-order valence-electron chi connectivity index (χ1n) is 8.36. The van der Waals surface area contributed by atoms with E-state index in [0.29, 0.717) is 11.6 Å². The van der Waals surface area contributed by atoms with Gasteiger partial charge in [0.15, 0.2) is 11.6 Å². The molecule has 7 nitrogen and oxygen atoms in total. The van der Waals surface area contributed by atoms with Crippen molar-refractivity contribution in [1.29, 1.82) is 0 Å². The number of anilines is 2. The molecule has 0 radical (unpaired) electrons. The summed E-state index contributed by atoms with van der Waals surface area (Å²) >= 11 is 0. The summed E-state index contributed by atoms with van der Waals surface area (Å²) < 4.78 is 5.85. The standard InChI is InChI=1S/C18H25N5O2/c1-3-5-9-15(12-24)23(4-2)17-16(11-21-18(19)22-17)25-13-14-8-6-7-10-20-14/h4,6-8,10-11,15,24H,2-3,5,9,12-13H2,1H3,(H2,19,21,22)/t15-/m0/s1. The number of rotatable bonds is 10. The molecule has 134 valence electrons. The number of aliphatic hydroxyl groups is 1. The zero-order chi connectivity index (χ0) is 18.1. The largest absolute Gasteiger partial charge is 0.482 e. The number of hydrogen-bond donors (Lipinski definition) is 2. The van der Waals surface area contributed by atoms with Gasteiger partial charge in [-0.15, -0.1) is 0 Å². The molecule has 0 saturated heterocycles. The maximum atomic E-state index is 9.77. The van der Waals surface area contributed by atoms with Crippen LogP contribution in [0, 0.1) is 0 Å². The number of aromatic nitrogens is 3. The lowest BCUT2D eigenvalue weighted by atomic mass is 10.1. The van der Waals surface area contributed by atoms with Crippen molar-refractivity contribution in [3.63, 3.8) is 0 Å². The Labute approximate surface area is 148 Å². The highest BCUT2D eigenvalue weighted by molar-refractivity contribution is 5.56. The Bertz CT molecular complexity index is 666. The van der Waals surface area contributed by atoms with Crippen LogP contribution in [0.15, 0.2) is 43.4 Å². The SMILES string of the molecule is C=CN(c1nc(N)ncc1OCc1ccccn1)[C@H](CO)CCCC. The van der Waals surface area contributed by atoms with Crippen LogP contribution < -0.4 is 15.4 Å². The van der Waals surface area contributed by atoms with Crippen LogP contribution in [0.3, 0.4) is 0 Å². The van der Waals surface area contributed by atoms with Crippen LogP contribution in [0.1, 0.15) is 31.9 Å². The fraction of sp³-hybridized carbons (Fsp3) is 0.389. The van der Waals surface area contributed by atoms with Crippen molar-refractivity contribution in [2.45, 2.75) is 38.8 Å². The first-order chi connectivity index (χ1) is 12.2. The molecule has 2 heterocycles. The second kappa shape index (κ2) is 9.58. The second-order valence-electron chi connectivity index (χ2n) is 5.59. The van der Waals surface area contributed by atoms with Crippen LogP contribution in [-0.2, 0) is 6.61 Å². The number of ether oxygens (including phenoxy) is 1. The van der Waals surface area contributed by atoms with Crippen LogP contribution >= 0.6 is 0 Å². The fourth-order valence-electron chi connectivity index (χ4n) is 2.46. The molecule has 0 amide bonds. The van der Waals surface area contributed by atoms with E-state index in [1.807, 2.05) is 18.2 Å². The summed E-state index contributed by atoms with van der Waals surface area (Å²) in [6, 6.07) is 5.47. The predicted molar refractivity (Wildman–Crippen MR) is 98.1 cm³/mol. The fourth-order valence-corrected chi connectivity index (χ4v) is 2.46. The number of nitrogens with two attached hydrogens (primary N) is 1. The topological polar surface area (TPSA) is 97.4 Å². The van der Waals surface area contributed by atoms with E-state index >= 15 is 0 Å². The van der Waals surface area contributed by atoms with Crippen LogP contribution in [0.4, 0.5) is 11.8 Å². The third kappa shape index (κ3) is 5.15. The highest BCUT2D eigenvalue weighted by atomic mass is 16.5. The summed E-state index contributed by atoms with van der Waals surface area (Å²) in [5, 5.41) is 9.77. The Balaban J connectivity index is 2.24. The zero-order valence-corrected chi connectivity index (χ0v) is 14.5. The average molecular weight is 343 g/mol. The first kappa shape index (κ1) is 18.7. The lowest BCUT2D eigenvalue weighted by Gasteiger charge is -2.29. The van der Waals surface area contributed by atoms with Gasteiger partial charge in [-0.3, -0.25) is 4.98 Å². The van der Waals surface area contributed by atoms with Crippen LogP contribution in [0.25, 0.3) is 0 Å². The van der Waals surface area contributed by atoms with E-state index in [1.165, 1.54) is 6.20 Å². The summed E-state index contributed by atoms with van der Waals surface area (Å²) in [5.74, 6) is 1.10. The van der Waals surface area contributed by atoms with E-state index in [9.17, 15) is 5.11 Å². The van der Waals surface area contributed by atoms with Crippen molar-refractivity contribution in [1.82, 2.24) is 15.0 Å². The van der Waals surface area contributed by atoms with E-state index in [2.05, 4.69) is 28.5 Å². The molecule has 2 aromatic rings. The van der Waals surface area contributed by atoms with Gasteiger partial charge < -0.3 is 20.5 Å². The highest BCUT2D eigenvalue weighted by Crippen LogP contribution is 2.29. The highest BCUT2D eigenvalue weighted by Gasteiger charge is 2.21. The average Bonchev–Trinajstić information content (AvgIpc) is 2.65. The number of nitrogens with zero attached hydrogens (tertiary/aromatic N) is 4. The third-order valence-corrected chi connectivity index (χ3v) is 3.79. The summed E-state index contributed by atoms with van der Waals surface area (Å²) in [5.41, 5.74) is 6.55. The van der Waals surface area contributed by atoms with Gasteiger partial charge in [-0.05, 0) is 24.8 Å². The number of nitrogen functional groups attached to an aromatic ring is 1. The minimum Gasteiger partial charge on any atom is -0.482 e. The Morgan fingerprint density at radius 1 is 1.40 bits per heavy atom. The minimum atomic E-state index is -0.149. The van der Waals surface area contributed by atoms with E-state index in [1.54, 1.807) is 17.3 Å². The van der Waals surface area contributed by atoms with Crippen molar-refractivity contribution in [3.8, 4) is 5.75 Å². The summed E-state index contributed by atoms with van der Waals surface area (Å²) in [4.78, 5) is 14.3. The summed E-state index contributed by atoms with van der Waals surface area (Å²) in [6.07, 6.45) is 7.71. The molecule has 7 heteroatoms. The van der Waals surface area contributed by atoms with Gasteiger partial charge >= 0.3 is 0 Å². The van der Waals surface area contributed by atoms with E-state index in [4.69, 9.17) is 10.5 Å². The lowest BCUT2D eigenvalue weighted by Crippen LogP contribution is -2.34. The molecular formula is C18H25N5O2. The van der Waals surface area contributed by atoms with Gasteiger partial charge in [0.1, 0.15) is 6.61 Å². The van der Waals surface area contributed by atoms with E-state index in [0.717, 1.165) is 25.0 Å². The molecule has 25 heavy (non-hydrogen) atoms. The van der Waals surface area contributed by atoms with Gasteiger partial charge in [-0.1, -0.05) is 32.4 Å². The monoisotopic (exact) mass is 343 g/mol. The molecule has 1 atom stereocenters. The van der Waals surface area contributed by atoms with Crippen molar-refractivity contribution < 1.29 is 9.84 Å². The number of hydrogen-bond acceptors (Lipinski definition) is 7. The molecule has 2 rings (SSSR count). The molecule has 0 fully saturated rings. The van der Waals surface area contributed by atoms with Crippen LogP contribution in [0.2, 0.25) is 0 Å². The Kier molecular flexibility index (Phi) is 7.16. The molecule has 0 aliphatic rings. The molecule has 0 bridgehead atoms. The van der Waals surface area contributed by atoms with Gasteiger partial charge in [0.2, 0.25) is 5.95 Å². The smallest absolute Gasteiger partial charge is 0.222 e. The maximum absolute atomic E-state index is 9.77. The summed E-state index contributed by atoms with van der Waals surface area (Å²) in [7, 11) is 0. The molecule has 2 aromatic heterocycles. The zero-order valence-electron chi connectivity index (χ0n) is 14.5. The lowest BCUT2D eigenvalue weighted by molar-refractivity contribution is 0.254. The number of aliphatic hydroxyl groups excluding tert-OH is 1. The third-order valence-electron chi connectivity index (χ3n) is 3.79. The van der Waals surface area contributed by atoms with Gasteiger partial charge in [0.25, 0.3) is 0 Å². The van der Waals surface area contributed by atoms with Gasteiger partial charge in [-0.25, -0.2) is 4.98 Å². The quantitative estimate of drug-likeness (QED) is 0.684. The normalized spacial score (nSPS) is 11.8. The Hall–Kier alpha value is -2.67. The van der Waals surface area contributed by atoms with E-state index < -0.39 is 0 Å². The van der Waals surface area contributed by atoms with Gasteiger partial charge in [0.05, 0.1) is 24.5 Å². The molecule has 0 spiro atoms. The predicted octanol–water partition coefficient (Wildman–Crippen LogP) is 2.53. The number of pyridine rings is 1. The molecule has 3 N–H and O–H groups in total. The molecular weight excluding hydrogens is 318 g/mol. The second-order valence-corrected chi connectivity index (χ2v) is 5.59. The molecule has 0 aliphatic carbocycles. The summed E-state index contributed by atoms with van der Waals surface area (Å²) in [6.45, 7) is 6.22. The van der Waals surface area contributed by atoms with Crippen molar-refractivity contribution in [2.75, 3.05) is 17.2 Å². The Morgan fingerprint density at radius 2 is 2.24 bits per heavy atom. The molecule has 0 unspecified atom stereocenters. The number of unbranched alkanes of at least 4 members (excludes halogenated alkanes) is 1. The molecule has 0 saturated carbocycles. The van der Waals surface area contributed by atoms with Crippen LogP contribution in [0.5, 0.6) is 5.75 Å². The maximum Gasteiger partial charge on any atom is 0.222 e. The first-order valence-corrected chi connectivity index (χ1v) is 8.36. The van der Waals surface area contributed by atoms with Crippen molar-refractivity contribution >= 4 is 11.8 Å². The van der Waals surface area contributed by atoms with E-state index in [-0.39, 0.29) is 25.2 Å². The van der Waals surface area contributed by atoms with Crippen LogP contribution in [-0.4, -0.2) is 32.7 Å². The van der Waals surface area contributed by atoms with Gasteiger partial charge in [0, 0.05) is 6.20 Å². The minimum absolute atomic E-state index is 0.0182. The van der Waals surface area contributed by atoms with Crippen molar-refractivity contribution in [2.24, 2.45) is 0 Å². The Morgan fingerprint density at radius 3 is 2.88 bits per heavy atom.